The van der Waals surface area contributed by atoms with Crippen LogP contribution in [0.1, 0.15) is 23.6 Å². The maximum absolute atomic E-state index is 9.02. The van der Waals surface area contributed by atoms with Crippen LogP contribution in [0, 0.1) is 6.92 Å². The van der Waals surface area contributed by atoms with Crippen molar-refractivity contribution >= 4 is 0 Å². The summed E-state index contributed by atoms with van der Waals surface area (Å²) in [7, 11) is 0. The second kappa shape index (κ2) is 7.08. The second-order valence-corrected chi connectivity index (χ2v) is 4.78. The molecule has 0 bridgehead atoms. The SMILES string of the molecule is CCNCc1ccc(Oc2ccc(CO)cc2)c(C)c1. The van der Waals surface area contributed by atoms with Gasteiger partial charge in [0.2, 0.25) is 0 Å². The molecule has 0 unspecified atom stereocenters. The lowest BCUT2D eigenvalue weighted by atomic mass is 10.1. The van der Waals surface area contributed by atoms with Crippen molar-refractivity contribution in [1.29, 1.82) is 0 Å². The summed E-state index contributed by atoms with van der Waals surface area (Å²) >= 11 is 0. The van der Waals surface area contributed by atoms with E-state index in [0.29, 0.717) is 0 Å². The van der Waals surface area contributed by atoms with E-state index in [0.717, 1.165) is 35.7 Å². The predicted octanol–water partition coefficient (Wildman–Crippen LogP) is 3.39. The molecule has 2 rings (SSSR count). The number of nitrogens with one attached hydrogen (secondary N) is 1. The highest BCUT2D eigenvalue weighted by molar-refractivity contribution is 5.40. The zero-order valence-electron chi connectivity index (χ0n) is 12.0. The topological polar surface area (TPSA) is 41.5 Å². The molecule has 0 amide bonds. The van der Waals surface area contributed by atoms with E-state index >= 15 is 0 Å². The molecular formula is C17H21NO2. The third-order valence-electron chi connectivity index (χ3n) is 3.15. The Labute approximate surface area is 120 Å². The molecule has 0 aliphatic carbocycles. The molecule has 106 valence electrons. The van der Waals surface area contributed by atoms with Crippen molar-refractivity contribution in [3.63, 3.8) is 0 Å². The van der Waals surface area contributed by atoms with E-state index in [2.05, 4.69) is 24.4 Å². The summed E-state index contributed by atoms with van der Waals surface area (Å²) in [5, 5.41) is 12.3. The highest BCUT2D eigenvalue weighted by Gasteiger charge is 2.03. The summed E-state index contributed by atoms with van der Waals surface area (Å²) in [6.45, 7) is 6.04. The molecule has 0 aliphatic rings. The Morgan fingerprint density at radius 3 is 2.35 bits per heavy atom. The minimum Gasteiger partial charge on any atom is -0.457 e. The molecule has 0 saturated carbocycles. The van der Waals surface area contributed by atoms with Gasteiger partial charge in [-0.05, 0) is 48.4 Å². The van der Waals surface area contributed by atoms with Crippen LogP contribution in [0.15, 0.2) is 42.5 Å². The Balaban J connectivity index is 2.08. The highest BCUT2D eigenvalue weighted by Crippen LogP contribution is 2.26. The summed E-state index contributed by atoms with van der Waals surface area (Å²) in [5.41, 5.74) is 3.26. The largest absolute Gasteiger partial charge is 0.457 e. The molecule has 0 aromatic heterocycles. The molecule has 0 fully saturated rings. The van der Waals surface area contributed by atoms with Crippen molar-refractivity contribution in [3.8, 4) is 11.5 Å². The van der Waals surface area contributed by atoms with Gasteiger partial charge in [-0.25, -0.2) is 0 Å². The monoisotopic (exact) mass is 271 g/mol. The Morgan fingerprint density at radius 1 is 1.05 bits per heavy atom. The summed E-state index contributed by atoms with van der Waals surface area (Å²) in [5.74, 6) is 1.65. The minimum absolute atomic E-state index is 0.0540. The van der Waals surface area contributed by atoms with Gasteiger partial charge in [-0.3, -0.25) is 0 Å². The van der Waals surface area contributed by atoms with Crippen molar-refractivity contribution in [3.05, 3.63) is 59.2 Å². The molecule has 3 heteroatoms. The van der Waals surface area contributed by atoms with Crippen LogP contribution < -0.4 is 10.1 Å². The molecule has 0 atom stereocenters. The van der Waals surface area contributed by atoms with E-state index in [9.17, 15) is 0 Å². The Morgan fingerprint density at radius 2 is 1.75 bits per heavy atom. The van der Waals surface area contributed by atoms with E-state index < -0.39 is 0 Å². The van der Waals surface area contributed by atoms with Crippen molar-refractivity contribution in [1.82, 2.24) is 5.32 Å². The Bertz CT molecular complexity index is 549. The number of hydrogen-bond donors (Lipinski definition) is 2. The van der Waals surface area contributed by atoms with Crippen molar-refractivity contribution in [2.45, 2.75) is 27.0 Å². The minimum atomic E-state index is 0.0540. The fraction of sp³-hybridized carbons (Fsp3) is 0.294. The number of aliphatic hydroxyl groups excluding tert-OH is 1. The first kappa shape index (κ1) is 14.6. The maximum Gasteiger partial charge on any atom is 0.130 e. The van der Waals surface area contributed by atoms with E-state index in [4.69, 9.17) is 9.84 Å². The maximum atomic E-state index is 9.02. The third-order valence-corrected chi connectivity index (χ3v) is 3.15. The van der Waals surface area contributed by atoms with Gasteiger partial charge in [-0.1, -0.05) is 31.2 Å². The molecule has 0 spiro atoms. The lowest BCUT2D eigenvalue weighted by Gasteiger charge is -2.11. The number of hydrogen-bond acceptors (Lipinski definition) is 3. The fourth-order valence-corrected chi connectivity index (χ4v) is 2.00. The van der Waals surface area contributed by atoms with Crippen LogP contribution in [0.3, 0.4) is 0 Å². The molecule has 2 N–H and O–H groups in total. The quantitative estimate of drug-likeness (QED) is 0.846. The molecule has 2 aromatic carbocycles. The van der Waals surface area contributed by atoms with Crippen LogP contribution in [0.25, 0.3) is 0 Å². The Hall–Kier alpha value is -1.84. The molecule has 0 saturated heterocycles. The van der Waals surface area contributed by atoms with E-state index in [1.54, 1.807) is 0 Å². The number of rotatable bonds is 6. The van der Waals surface area contributed by atoms with Crippen molar-refractivity contribution in [2.24, 2.45) is 0 Å². The number of aliphatic hydroxyl groups is 1. The molecule has 2 aromatic rings. The molecule has 0 aliphatic heterocycles. The molecule has 0 heterocycles. The molecule has 20 heavy (non-hydrogen) atoms. The first-order valence-electron chi connectivity index (χ1n) is 6.91. The Kier molecular flexibility index (Phi) is 5.16. The van der Waals surface area contributed by atoms with Gasteiger partial charge < -0.3 is 15.2 Å². The summed E-state index contributed by atoms with van der Waals surface area (Å²) in [4.78, 5) is 0. The van der Waals surface area contributed by atoms with Crippen LogP contribution in [0.5, 0.6) is 11.5 Å². The lowest BCUT2D eigenvalue weighted by Crippen LogP contribution is -2.11. The van der Waals surface area contributed by atoms with Gasteiger partial charge in [0.25, 0.3) is 0 Å². The van der Waals surface area contributed by atoms with Crippen LogP contribution in [-0.4, -0.2) is 11.7 Å². The van der Waals surface area contributed by atoms with E-state index in [-0.39, 0.29) is 6.61 Å². The third kappa shape index (κ3) is 3.83. The normalized spacial score (nSPS) is 10.6. The number of aryl methyl sites for hydroxylation is 1. The highest BCUT2D eigenvalue weighted by atomic mass is 16.5. The summed E-state index contributed by atoms with van der Waals surface area (Å²) in [6.07, 6.45) is 0. The summed E-state index contributed by atoms with van der Waals surface area (Å²) in [6, 6.07) is 13.7. The average molecular weight is 271 g/mol. The average Bonchev–Trinajstić information content (AvgIpc) is 2.48. The van der Waals surface area contributed by atoms with Gasteiger partial charge in [0.1, 0.15) is 11.5 Å². The van der Waals surface area contributed by atoms with Gasteiger partial charge in [-0.2, -0.15) is 0 Å². The first-order valence-corrected chi connectivity index (χ1v) is 6.91. The summed E-state index contributed by atoms with van der Waals surface area (Å²) < 4.78 is 5.87. The number of benzene rings is 2. The van der Waals surface area contributed by atoms with Gasteiger partial charge in [0.15, 0.2) is 0 Å². The zero-order valence-corrected chi connectivity index (χ0v) is 12.0. The number of ether oxygens (including phenoxy) is 1. The molecule has 3 nitrogen and oxygen atoms in total. The second-order valence-electron chi connectivity index (χ2n) is 4.78. The van der Waals surface area contributed by atoms with Crippen LogP contribution in [-0.2, 0) is 13.2 Å². The van der Waals surface area contributed by atoms with Crippen LogP contribution >= 0.6 is 0 Å². The van der Waals surface area contributed by atoms with Gasteiger partial charge in [0.05, 0.1) is 6.61 Å². The van der Waals surface area contributed by atoms with Gasteiger partial charge in [-0.15, -0.1) is 0 Å². The van der Waals surface area contributed by atoms with E-state index in [1.807, 2.05) is 37.3 Å². The molecular weight excluding hydrogens is 250 g/mol. The van der Waals surface area contributed by atoms with Gasteiger partial charge >= 0.3 is 0 Å². The fourth-order valence-electron chi connectivity index (χ4n) is 2.00. The van der Waals surface area contributed by atoms with Crippen molar-refractivity contribution in [2.75, 3.05) is 6.54 Å². The lowest BCUT2D eigenvalue weighted by molar-refractivity contribution is 0.281. The van der Waals surface area contributed by atoms with Crippen molar-refractivity contribution < 1.29 is 9.84 Å². The van der Waals surface area contributed by atoms with Crippen LogP contribution in [0.2, 0.25) is 0 Å². The zero-order chi connectivity index (χ0) is 14.4. The smallest absolute Gasteiger partial charge is 0.130 e. The predicted molar refractivity (Wildman–Crippen MR) is 81.0 cm³/mol. The standard InChI is InChI=1S/C17H21NO2/c1-3-18-11-15-6-9-17(13(2)10-15)20-16-7-4-14(12-19)5-8-16/h4-10,18-19H,3,11-12H2,1-2H3. The van der Waals surface area contributed by atoms with Crippen LogP contribution in [0.4, 0.5) is 0 Å². The van der Waals surface area contributed by atoms with E-state index in [1.165, 1.54) is 5.56 Å². The molecule has 0 radical (unpaired) electrons. The van der Waals surface area contributed by atoms with Gasteiger partial charge in [0, 0.05) is 6.54 Å². The first-order chi connectivity index (χ1) is 9.72.